The van der Waals surface area contributed by atoms with Crippen LogP contribution in [0.5, 0.6) is 5.75 Å². The number of nitrogens with zero attached hydrogens (tertiary/aromatic N) is 3. The number of pyridine rings is 1. The molecule has 2 rings (SSSR count). The quantitative estimate of drug-likeness (QED) is 0.847. The summed E-state index contributed by atoms with van der Waals surface area (Å²) < 4.78 is 0. The Morgan fingerprint density at radius 1 is 1.41 bits per heavy atom. The Hall–Kier alpha value is -1.66. The Labute approximate surface area is 131 Å². The molecule has 0 aromatic carbocycles. The van der Waals surface area contributed by atoms with Gasteiger partial charge in [-0.3, -0.25) is 14.7 Å². The van der Waals surface area contributed by atoms with Crippen LogP contribution >= 0.6 is 0 Å². The van der Waals surface area contributed by atoms with Gasteiger partial charge in [0.25, 0.3) is 5.91 Å². The van der Waals surface area contributed by atoms with Crippen LogP contribution < -0.4 is 0 Å². The fourth-order valence-electron chi connectivity index (χ4n) is 2.94. The van der Waals surface area contributed by atoms with Gasteiger partial charge < -0.3 is 15.1 Å². The van der Waals surface area contributed by atoms with E-state index in [2.05, 4.69) is 23.7 Å². The highest BCUT2D eigenvalue weighted by molar-refractivity contribution is 5.94. The molecule has 0 spiro atoms. The van der Waals surface area contributed by atoms with Gasteiger partial charge in [0.2, 0.25) is 0 Å². The molecular formula is C16H25N3O3. The molecular weight excluding hydrogens is 282 g/mol. The largest absolute Gasteiger partial charge is 0.506 e. The topological polar surface area (TPSA) is 76.9 Å². The van der Waals surface area contributed by atoms with Crippen molar-refractivity contribution < 1.29 is 15.0 Å². The van der Waals surface area contributed by atoms with Crippen LogP contribution in [0.3, 0.4) is 0 Å². The summed E-state index contributed by atoms with van der Waals surface area (Å²) in [6.45, 7) is 7.50. The van der Waals surface area contributed by atoms with E-state index in [4.69, 9.17) is 0 Å². The van der Waals surface area contributed by atoms with Gasteiger partial charge >= 0.3 is 0 Å². The molecule has 1 atom stereocenters. The van der Waals surface area contributed by atoms with Crippen LogP contribution in [0, 0.1) is 5.92 Å². The van der Waals surface area contributed by atoms with Gasteiger partial charge in [-0.25, -0.2) is 0 Å². The molecule has 1 aliphatic heterocycles. The van der Waals surface area contributed by atoms with Crippen molar-refractivity contribution in [1.29, 1.82) is 0 Å². The number of aromatic hydroxyl groups is 1. The molecule has 0 aliphatic carbocycles. The molecule has 0 bridgehead atoms. The molecule has 1 amide bonds. The smallest absolute Gasteiger partial charge is 0.255 e. The maximum Gasteiger partial charge on any atom is 0.255 e. The van der Waals surface area contributed by atoms with Gasteiger partial charge in [0.1, 0.15) is 5.75 Å². The van der Waals surface area contributed by atoms with E-state index < -0.39 is 0 Å². The number of carbonyl (C=O) groups excluding carboxylic acids is 1. The first-order valence-corrected chi connectivity index (χ1v) is 7.79. The van der Waals surface area contributed by atoms with E-state index in [0.29, 0.717) is 31.0 Å². The third-order valence-electron chi connectivity index (χ3n) is 3.92. The van der Waals surface area contributed by atoms with Crippen LogP contribution in [0.2, 0.25) is 0 Å². The number of hydrogen-bond donors (Lipinski definition) is 2. The molecule has 1 aliphatic rings. The van der Waals surface area contributed by atoms with Gasteiger partial charge in [0, 0.05) is 45.0 Å². The van der Waals surface area contributed by atoms with E-state index in [1.165, 1.54) is 18.5 Å². The van der Waals surface area contributed by atoms with Crippen molar-refractivity contribution >= 4 is 5.91 Å². The Bertz CT molecular complexity index is 507. The monoisotopic (exact) mass is 307 g/mol. The van der Waals surface area contributed by atoms with Crippen LogP contribution in [-0.2, 0) is 0 Å². The van der Waals surface area contributed by atoms with E-state index in [1.807, 2.05) is 0 Å². The Kier molecular flexibility index (Phi) is 5.74. The van der Waals surface area contributed by atoms with Gasteiger partial charge in [-0.2, -0.15) is 0 Å². The Balaban J connectivity index is 2.06. The zero-order valence-corrected chi connectivity index (χ0v) is 13.3. The van der Waals surface area contributed by atoms with Crippen LogP contribution in [0.25, 0.3) is 0 Å². The lowest BCUT2D eigenvalue weighted by atomic mass is 10.1. The molecule has 2 heterocycles. The van der Waals surface area contributed by atoms with Crippen molar-refractivity contribution in [3.05, 3.63) is 24.0 Å². The number of hydrogen-bond acceptors (Lipinski definition) is 5. The number of amides is 1. The molecule has 2 N–H and O–H groups in total. The zero-order chi connectivity index (χ0) is 16.1. The lowest BCUT2D eigenvalue weighted by Gasteiger charge is -2.42. The second kappa shape index (κ2) is 7.56. The van der Waals surface area contributed by atoms with Gasteiger partial charge in [-0.1, -0.05) is 13.8 Å². The normalized spacial score (nSPS) is 19.6. The molecule has 0 unspecified atom stereocenters. The number of aliphatic hydroxyl groups excluding tert-OH is 1. The summed E-state index contributed by atoms with van der Waals surface area (Å²) in [6, 6.07) is 1.62. The van der Waals surface area contributed by atoms with Gasteiger partial charge in [-0.15, -0.1) is 0 Å². The van der Waals surface area contributed by atoms with E-state index in [1.54, 1.807) is 4.90 Å². The molecule has 6 nitrogen and oxygen atoms in total. The van der Waals surface area contributed by atoms with Crippen molar-refractivity contribution in [2.45, 2.75) is 26.3 Å². The summed E-state index contributed by atoms with van der Waals surface area (Å²) in [5.41, 5.74) is 0.403. The highest BCUT2D eigenvalue weighted by atomic mass is 16.3. The lowest BCUT2D eigenvalue weighted by molar-refractivity contribution is 0.0384. The first-order chi connectivity index (χ1) is 10.5. The highest BCUT2D eigenvalue weighted by Gasteiger charge is 2.30. The summed E-state index contributed by atoms with van der Waals surface area (Å²) in [6.07, 6.45) is 3.45. The fraction of sp³-hybridized carbons (Fsp3) is 0.625. The van der Waals surface area contributed by atoms with Gasteiger partial charge in [0.05, 0.1) is 11.8 Å². The summed E-state index contributed by atoms with van der Waals surface area (Å²) in [4.78, 5) is 20.5. The molecule has 1 fully saturated rings. The number of carbonyl (C=O) groups is 1. The number of aromatic nitrogens is 1. The first kappa shape index (κ1) is 16.7. The second-order valence-electron chi connectivity index (χ2n) is 6.24. The molecule has 1 aromatic heterocycles. The minimum absolute atomic E-state index is 0.00352. The van der Waals surface area contributed by atoms with Crippen molar-refractivity contribution in [3.8, 4) is 5.75 Å². The molecule has 6 heteroatoms. The maximum absolute atomic E-state index is 12.5. The van der Waals surface area contributed by atoms with Crippen LogP contribution in [0.1, 0.15) is 30.6 Å². The number of rotatable bonds is 5. The molecule has 122 valence electrons. The fourth-order valence-corrected chi connectivity index (χ4v) is 2.94. The van der Waals surface area contributed by atoms with Crippen molar-refractivity contribution in [3.63, 3.8) is 0 Å². The van der Waals surface area contributed by atoms with Crippen molar-refractivity contribution in [2.75, 3.05) is 32.8 Å². The average molecular weight is 307 g/mol. The van der Waals surface area contributed by atoms with E-state index in [0.717, 1.165) is 13.1 Å². The third-order valence-corrected chi connectivity index (χ3v) is 3.92. The Morgan fingerprint density at radius 2 is 2.18 bits per heavy atom. The second-order valence-corrected chi connectivity index (χ2v) is 6.24. The average Bonchev–Trinajstić information content (AvgIpc) is 2.48. The molecule has 1 saturated heterocycles. The first-order valence-electron chi connectivity index (χ1n) is 7.79. The van der Waals surface area contributed by atoms with Gasteiger partial charge in [-0.05, 0) is 18.4 Å². The van der Waals surface area contributed by atoms with E-state index in [-0.39, 0.29) is 24.3 Å². The van der Waals surface area contributed by atoms with Crippen molar-refractivity contribution in [1.82, 2.24) is 14.8 Å². The molecule has 1 aromatic rings. The van der Waals surface area contributed by atoms with E-state index in [9.17, 15) is 15.0 Å². The van der Waals surface area contributed by atoms with Crippen LogP contribution in [0.4, 0.5) is 0 Å². The van der Waals surface area contributed by atoms with Crippen LogP contribution in [0.15, 0.2) is 18.5 Å². The van der Waals surface area contributed by atoms with Crippen molar-refractivity contribution in [2.24, 2.45) is 5.92 Å². The maximum atomic E-state index is 12.5. The zero-order valence-electron chi connectivity index (χ0n) is 13.3. The van der Waals surface area contributed by atoms with E-state index >= 15 is 0 Å². The molecule has 0 radical (unpaired) electrons. The molecule has 22 heavy (non-hydrogen) atoms. The standard InChI is InChI=1S/C16H25N3O3/c1-12(2)10-18-4-5-19(11-14(18)3-6-20)16(22)13-7-15(21)9-17-8-13/h7-9,12,14,20-21H,3-6,10-11H2,1-2H3/t14-/m1/s1. The number of piperazine rings is 1. The summed E-state index contributed by atoms with van der Waals surface area (Å²) in [5, 5.41) is 18.7. The SMILES string of the molecule is CC(C)CN1CCN(C(=O)c2cncc(O)c2)C[C@H]1CCO. The predicted octanol–water partition coefficient (Wildman–Crippen LogP) is 0.952. The van der Waals surface area contributed by atoms with Crippen LogP contribution in [-0.4, -0.2) is 69.7 Å². The highest BCUT2D eigenvalue weighted by Crippen LogP contribution is 2.18. The lowest BCUT2D eigenvalue weighted by Crippen LogP contribution is -2.55. The predicted molar refractivity (Wildman–Crippen MR) is 83.7 cm³/mol. The summed E-state index contributed by atoms with van der Waals surface area (Å²) in [5.74, 6) is 0.436. The summed E-state index contributed by atoms with van der Waals surface area (Å²) >= 11 is 0. The third kappa shape index (κ3) is 4.18. The number of aliphatic hydroxyl groups is 1. The minimum atomic E-state index is -0.115. The van der Waals surface area contributed by atoms with Gasteiger partial charge in [0.15, 0.2) is 0 Å². The summed E-state index contributed by atoms with van der Waals surface area (Å²) in [7, 11) is 0. The minimum Gasteiger partial charge on any atom is -0.506 e. The Morgan fingerprint density at radius 3 is 2.82 bits per heavy atom. The molecule has 0 saturated carbocycles.